The predicted octanol–water partition coefficient (Wildman–Crippen LogP) is 3.16. The Kier molecular flexibility index (Phi) is 4.24. The van der Waals surface area contributed by atoms with Crippen LogP contribution in [0, 0.1) is 23.0 Å². The molecule has 0 heterocycles. The van der Waals surface area contributed by atoms with Gasteiger partial charge in [-0.25, -0.2) is 8.78 Å². The van der Waals surface area contributed by atoms with E-state index in [-0.39, 0.29) is 17.9 Å². The second-order valence-corrected chi connectivity index (χ2v) is 5.55. The zero-order chi connectivity index (χ0) is 14.8. The molecule has 0 spiro atoms. The fourth-order valence-electron chi connectivity index (χ4n) is 2.67. The van der Waals surface area contributed by atoms with Crippen LogP contribution < -0.4 is 10.1 Å². The van der Waals surface area contributed by atoms with Crippen molar-refractivity contribution in [2.45, 2.75) is 50.8 Å². The van der Waals surface area contributed by atoms with Gasteiger partial charge in [0.05, 0.1) is 6.07 Å². The van der Waals surface area contributed by atoms with Crippen molar-refractivity contribution >= 4 is 0 Å². The van der Waals surface area contributed by atoms with E-state index >= 15 is 0 Å². The van der Waals surface area contributed by atoms with Crippen LogP contribution in [0.5, 0.6) is 5.75 Å². The molecule has 20 heavy (non-hydrogen) atoms. The quantitative estimate of drug-likeness (QED) is 0.921. The summed E-state index contributed by atoms with van der Waals surface area (Å²) in [7, 11) is 0. The number of nitrogens with zero attached hydrogens (tertiary/aromatic N) is 1. The van der Waals surface area contributed by atoms with Gasteiger partial charge in [0.2, 0.25) is 0 Å². The molecule has 2 rings (SSSR count). The largest absolute Gasteiger partial charge is 0.487 e. The van der Waals surface area contributed by atoms with Crippen molar-refractivity contribution in [3.8, 4) is 11.8 Å². The molecule has 0 aliphatic heterocycles. The maximum absolute atomic E-state index is 13.5. The van der Waals surface area contributed by atoms with Crippen LogP contribution in [0.2, 0.25) is 0 Å². The van der Waals surface area contributed by atoms with Crippen molar-refractivity contribution < 1.29 is 13.5 Å². The van der Waals surface area contributed by atoms with Crippen LogP contribution in [0.15, 0.2) is 18.2 Å². The first-order valence-electron chi connectivity index (χ1n) is 6.75. The van der Waals surface area contributed by atoms with Gasteiger partial charge in [-0.05, 0) is 38.8 Å². The number of rotatable bonds is 4. The van der Waals surface area contributed by atoms with Gasteiger partial charge in [0.1, 0.15) is 17.5 Å². The van der Waals surface area contributed by atoms with Crippen LogP contribution >= 0.6 is 0 Å². The molecule has 1 aromatic carbocycles. The second-order valence-electron chi connectivity index (χ2n) is 5.55. The predicted molar refractivity (Wildman–Crippen MR) is 71.2 cm³/mol. The van der Waals surface area contributed by atoms with Crippen LogP contribution in [-0.4, -0.2) is 17.7 Å². The van der Waals surface area contributed by atoms with E-state index in [9.17, 15) is 14.0 Å². The highest BCUT2D eigenvalue weighted by Crippen LogP contribution is 2.33. The van der Waals surface area contributed by atoms with Gasteiger partial charge in [-0.2, -0.15) is 5.26 Å². The Hall–Kier alpha value is -1.67. The summed E-state index contributed by atoms with van der Waals surface area (Å²) in [4.78, 5) is 0. The monoisotopic (exact) mass is 280 g/mol. The van der Waals surface area contributed by atoms with Gasteiger partial charge >= 0.3 is 0 Å². The lowest BCUT2D eigenvalue weighted by molar-refractivity contribution is 0.190. The van der Waals surface area contributed by atoms with Gasteiger partial charge in [0.25, 0.3) is 0 Å². The van der Waals surface area contributed by atoms with Crippen LogP contribution in [0.1, 0.15) is 33.1 Å². The summed E-state index contributed by atoms with van der Waals surface area (Å²) in [5.74, 6) is -1.21. The molecule has 1 aliphatic rings. The minimum atomic E-state index is -0.636. The van der Waals surface area contributed by atoms with Crippen molar-refractivity contribution in [1.82, 2.24) is 5.32 Å². The van der Waals surface area contributed by atoms with Crippen LogP contribution in [0.4, 0.5) is 8.78 Å². The molecule has 1 fully saturated rings. The maximum Gasteiger partial charge on any atom is 0.165 e. The second kappa shape index (κ2) is 5.76. The number of hydrogen-bond acceptors (Lipinski definition) is 3. The van der Waals surface area contributed by atoms with E-state index < -0.39 is 17.2 Å². The summed E-state index contributed by atoms with van der Waals surface area (Å²) in [6, 6.07) is 5.61. The summed E-state index contributed by atoms with van der Waals surface area (Å²) in [6.07, 6.45) is 1.47. The van der Waals surface area contributed by atoms with Crippen LogP contribution in [0.3, 0.4) is 0 Å². The first-order chi connectivity index (χ1) is 9.44. The molecule has 1 aromatic rings. The molecule has 1 N–H and O–H groups in total. The third-order valence-electron chi connectivity index (χ3n) is 3.44. The minimum Gasteiger partial charge on any atom is -0.487 e. The number of benzene rings is 1. The van der Waals surface area contributed by atoms with E-state index in [1.54, 1.807) is 0 Å². The molecule has 108 valence electrons. The summed E-state index contributed by atoms with van der Waals surface area (Å²) in [6.45, 7) is 3.94. The van der Waals surface area contributed by atoms with Crippen molar-refractivity contribution in [2.75, 3.05) is 0 Å². The highest BCUT2D eigenvalue weighted by atomic mass is 19.1. The third kappa shape index (κ3) is 3.26. The first-order valence-corrected chi connectivity index (χ1v) is 6.75. The van der Waals surface area contributed by atoms with E-state index in [4.69, 9.17) is 4.74 Å². The third-order valence-corrected chi connectivity index (χ3v) is 3.44. The van der Waals surface area contributed by atoms with E-state index in [0.29, 0.717) is 19.3 Å². The lowest BCUT2D eigenvalue weighted by atomic mass is 9.98. The van der Waals surface area contributed by atoms with Gasteiger partial charge in [0.15, 0.2) is 11.6 Å². The molecule has 5 heteroatoms. The average molecular weight is 280 g/mol. The minimum absolute atomic E-state index is 0.0895. The van der Waals surface area contributed by atoms with E-state index in [1.807, 2.05) is 13.8 Å². The molecule has 0 aromatic heterocycles. The number of nitriles is 1. The zero-order valence-corrected chi connectivity index (χ0v) is 11.6. The lowest BCUT2D eigenvalue weighted by Gasteiger charge is -2.25. The summed E-state index contributed by atoms with van der Waals surface area (Å²) in [5.41, 5.74) is -0.636. The van der Waals surface area contributed by atoms with Gasteiger partial charge in [0, 0.05) is 18.5 Å². The van der Waals surface area contributed by atoms with Crippen LogP contribution in [-0.2, 0) is 0 Å². The number of halogens is 2. The zero-order valence-electron chi connectivity index (χ0n) is 11.6. The molecule has 0 radical (unpaired) electrons. The van der Waals surface area contributed by atoms with Crippen molar-refractivity contribution in [3.05, 3.63) is 29.8 Å². The normalized spacial score (nSPS) is 25.7. The van der Waals surface area contributed by atoms with Gasteiger partial charge in [-0.1, -0.05) is 0 Å². The maximum atomic E-state index is 13.5. The van der Waals surface area contributed by atoms with Crippen molar-refractivity contribution in [2.24, 2.45) is 0 Å². The Morgan fingerprint density at radius 1 is 1.45 bits per heavy atom. The molecule has 0 saturated heterocycles. The Labute approximate surface area is 117 Å². The Balaban J connectivity index is 2.06. The SMILES string of the molecule is CC(C)NC1(C#N)CCC(Oc2cc(F)ccc2F)C1. The average Bonchev–Trinajstić information content (AvgIpc) is 2.77. The van der Waals surface area contributed by atoms with E-state index in [1.165, 1.54) is 0 Å². The topological polar surface area (TPSA) is 45.0 Å². The highest BCUT2D eigenvalue weighted by Gasteiger charge is 2.41. The highest BCUT2D eigenvalue weighted by molar-refractivity contribution is 5.26. The number of hydrogen-bond donors (Lipinski definition) is 1. The number of ether oxygens (including phenoxy) is 1. The fraction of sp³-hybridized carbons (Fsp3) is 0.533. The number of nitrogens with one attached hydrogen (secondary N) is 1. The molecule has 1 saturated carbocycles. The molecule has 1 aliphatic carbocycles. The first kappa shape index (κ1) is 14.7. The van der Waals surface area contributed by atoms with E-state index in [0.717, 1.165) is 18.2 Å². The van der Waals surface area contributed by atoms with Crippen LogP contribution in [0.25, 0.3) is 0 Å². The summed E-state index contributed by atoms with van der Waals surface area (Å²) >= 11 is 0. The molecule has 3 nitrogen and oxygen atoms in total. The summed E-state index contributed by atoms with van der Waals surface area (Å²) < 4.78 is 32.2. The van der Waals surface area contributed by atoms with Gasteiger partial charge in [-0.15, -0.1) is 0 Å². The Morgan fingerprint density at radius 3 is 2.85 bits per heavy atom. The lowest BCUT2D eigenvalue weighted by Crippen LogP contribution is -2.46. The molecule has 0 amide bonds. The van der Waals surface area contributed by atoms with Crippen molar-refractivity contribution in [3.63, 3.8) is 0 Å². The van der Waals surface area contributed by atoms with E-state index in [2.05, 4.69) is 11.4 Å². The smallest absolute Gasteiger partial charge is 0.165 e. The molecule has 2 atom stereocenters. The van der Waals surface area contributed by atoms with Gasteiger partial charge in [-0.3, -0.25) is 5.32 Å². The standard InChI is InChI=1S/C15H18F2N2O/c1-10(2)19-15(9-18)6-5-12(8-15)20-14-7-11(16)3-4-13(14)17/h3-4,7,10,12,19H,5-6,8H2,1-2H3. The Morgan fingerprint density at radius 2 is 2.20 bits per heavy atom. The summed E-state index contributed by atoms with van der Waals surface area (Å²) in [5, 5.41) is 12.6. The van der Waals surface area contributed by atoms with Gasteiger partial charge < -0.3 is 4.74 Å². The molecular formula is C15H18F2N2O. The fourth-order valence-corrected chi connectivity index (χ4v) is 2.67. The molecule has 2 unspecified atom stereocenters. The van der Waals surface area contributed by atoms with Crippen molar-refractivity contribution in [1.29, 1.82) is 5.26 Å². The molecule has 0 bridgehead atoms. The molecular weight excluding hydrogens is 262 g/mol. The Bertz CT molecular complexity index is 527.